The highest BCUT2D eigenvalue weighted by atomic mass is 32.2. The fourth-order valence-corrected chi connectivity index (χ4v) is 4.11. The summed E-state index contributed by atoms with van der Waals surface area (Å²) >= 11 is -1.75. The Morgan fingerprint density at radius 2 is 2.32 bits per heavy atom. The first-order chi connectivity index (χ1) is 10.5. The Bertz CT molecular complexity index is 537. The molecule has 2 atom stereocenters. The van der Waals surface area contributed by atoms with Crippen molar-refractivity contribution in [1.82, 2.24) is 8.87 Å². The van der Waals surface area contributed by atoms with Crippen LogP contribution in [-0.4, -0.2) is 50.3 Å². The number of carbonyl (C=O) groups is 1. The molecule has 2 rings (SSSR count). The van der Waals surface area contributed by atoms with Crippen molar-refractivity contribution in [3.63, 3.8) is 0 Å². The number of halogens is 1. The Hall–Kier alpha value is -1.09. The van der Waals surface area contributed by atoms with Gasteiger partial charge >= 0.3 is 5.97 Å². The van der Waals surface area contributed by atoms with Crippen molar-refractivity contribution in [3.8, 4) is 0 Å². The van der Waals surface area contributed by atoms with Crippen LogP contribution in [0, 0.1) is 5.82 Å². The summed E-state index contributed by atoms with van der Waals surface area (Å²) in [5.74, 6) is -1.59. The third-order valence-corrected chi connectivity index (χ3v) is 5.31. The maximum atomic E-state index is 14.5. The predicted molar refractivity (Wildman–Crippen MR) is 79.2 cm³/mol. The van der Waals surface area contributed by atoms with Crippen LogP contribution in [0.15, 0.2) is 11.1 Å². The van der Waals surface area contributed by atoms with Gasteiger partial charge in [0.25, 0.3) is 0 Å². The first kappa shape index (κ1) is 17.3. The molecule has 2 unspecified atom stereocenters. The molecule has 0 radical (unpaired) electrons. The van der Waals surface area contributed by atoms with E-state index in [4.69, 9.17) is 4.74 Å². The van der Waals surface area contributed by atoms with E-state index in [9.17, 15) is 18.8 Å². The van der Waals surface area contributed by atoms with Crippen LogP contribution in [0.1, 0.15) is 36.7 Å². The van der Waals surface area contributed by atoms with Crippen LogP contribution in [0.2, 0.25) is 0 Å². The first-order valence-electron chi connectivity index (χ1n) is 7.32. The lowest BCUT2D eigenvalue weighted by atomic mass is 10.1. The Kier molecular flexibility index (Phi) is 5.85. The Labute approximate surface area is 132 Å². The molecule has 1 saturated heterocycles. The number of nitrogens with zero attached hydrogens (tertiary/aromatic N) is 2. The lowest BCUT2D eigenvalue weighted by Gasteiger charge is -2.33. The van der Waals surface area contributed by atoms with Gasteiger partial charge in [-0.05, 0) is 19.8 Å². The normalized spacial score (nSPS) is 20.9. The Balaban J connectivity index is 2.28. The lowest BCUT2D eigenvalue weighted by molar-refractivity contribution is 0.0509. The molecule has 0 saturated carbocycles. The summed E-state index contributed by atoms with van der Waals surface area (Å²) < 4.78 is 34.9. The third kappa shape index (κ3) is 3.29. The van der Waals surface area contributed by atoms with E-state index < -0.39 is 23.1 Å². The second-order valence-corrected chi connectivity index (χ2v) is 6.62. The monoisotopic (exact) mass is 332 g/mol. The van der Waals surface area contributed by atoms with Gasteiger partial charge in [0.2, 0.25) is 10.7 Å². The van der Waals surface area contributed by atoms with Gasteiger partial charge in [-0.3, -0.25) is 0 Å². The number of hydrogen-bond donors (Lipinski definition) is 1. The van der Waals surface area contributed by atoms with E-state index in [0.717, 1.165) is 19.3 Å². The van der Waals surface area contributed by atoms with E-state index in [1.807, 2.05) is 0 Å². The van der Waals surface area contributed by atoms with Crippen molar-refractivity contribution >= 4 is 17.3 Å². The number of aromatic nitrogens is 1. The number of rotatable bonds is 5. The van der Waals surface area contributed by atoms with Crippen LogP contribution in [0.4, 0.5) is 4.39 Å². The summed E-state index contributed by atoms with van der Waals surface area (Å²) in [5.41, 5.74) is -0.234. The molecule has 0 aliphatic carbocycles. The minimum absolute atomic E-state index is 0.0501. The average Bonchev–Trinajstić information content (AvgIpc) is 2.81. The number of piperidine rings is 1. The number of esters is 1. The van der Waals surface area contributed by atoms with Gasteiger partial charge in [-0.2, -0.15) is 4.39 Å². The Morgan fingerprint density at radius 3 is 2.95 bits per heavy atom. The lowest BCUT2D eigenvalue weighted by Crippen LogP contribution is -2.45. The van der Waals surface area contributed by atoms with Crippen molar-refractivity contribution in [2.45, 2.75) is 37.1 Å². The van der Waals surface area contributed by atoms with Gasteiger partial charge in [0, 0.05) is 13.6 Å². The Morgan fingerprint density at radius 1 is 1.59 bits per heavy atom. The number of ether oxygens (including phenoxy) is 1. The highest BCUT2D eigenvalue weighted by Gasteiger charge is 2.37. The average molecular weight is 332 g/mol. The summed E-state index contributed by atoms with van der Waals surface area (Å²) in [7, 11) is 1.51. The summed E-state index contributed by atoms with van der Waals surface area (Å²) in [6.07, 6.45) is 3.87. The van der Waals surface area contributed by atoms with Gasteiger partial charge in [-0.1, -0.05) is 6.42 Å². The molecule has 1 aromatic heterocycles. The molecule has 1 aliphatic rings. The molecule has 0 bridgehead atoms. The van der Waals surface area contributed by atoms with Crippen molar-refractivity contribution in [2.24, 2.45) is 7.05 Å². The molecular formula is C14H21FN2O4S. The van der Waals surface area contributed by atoms with E-state index in [0.29, 0.717) is 6.54 Å². The van der Waals surface area contributed by atoms with E-state index >= 15 is 0 Å². The molecule has 1 aliphatic heterocycles. The van der Waals surface area contributed by atoms with Crippen molar-refractivity contribution in [2.75, 3.05) is 19.8 Å². The van der Waals surface area contributed by atoms with Crippen LogP contribution in [-0.2, 0) is 23.1 Å². The molecule has 2 heterocycles. The van der Waals surface area contributed by atoms with Gasteiger partial charge in [0.1, 0.15) is 0 Å². The third-order valence-electron chi connectivity index (χ3n) is 3.74. The molecule has 1 fully saturated rings. The highest BCUT2D eigenvalue weighted by molar-refractivity contribution is 7.89. The van der Waals surface area contributed by atoms with Crippen LogP contribution < -0.4 is 0 Å². The van der Waals surface area contributed by atoms with Crippen molar-refractivity contribution in [3.05, 3.63) is 17.7 Å². The largest absolute Gasteiger partial charge is 0.593 e. The fourth-order valence-electron chi connectivity index (χ4n) is 2.62. The number of aliphatic hydroxyl groups is 1. The standard InChI is InChI=1S/C14H21FN2O4S/c1-3-21-14(19)13-12(15)11(8-16(13)2)22(20)17-7-5-4-6-10(17)9-18/h8,10,18H,3-7,9H2,1-2H3. The maximum absolute atomic E-state index is 14.5. The molecule has 1 N–H and O–H groups in total. The van der Waals surface area contributed by atoms with Gasteiger partial charge in [0.05, 0.1) is 36.8 Å². The van der Waals surface area contributed by atoms with Crippen LogP contribution in [0.25, 0.3) is 0 Å². The van der Waals surface area contributed by atoms with Gasteiger partial charge in [-0.25, -0.2) is 4.79 Å². The van der Waals surface area contributed by atoms with E-state index in [1.54, 1.807) is 11.2 Å². The zero-order valence-electron chi connectivity index (χ0n) is 12.7. The molecule has 8 heteroatoms. The van der Waals surface area contributed by atoms with Gasteiger partial charge in [-0.15, -0.1) is 4.31 Å². The van der Waals surface area contributed by atoms with E-state index in [1.165, 1.54) is 17.8 Å². The molecule has 22 heavy (non-hydrogen) atoms. The molecule has 124 valence electrons. The first-order valence-corrected chi connectivity index (χ1v) is 8.43. The smallest absolute Gasteiger partial charge is 0.358 e. The van der Waals surface area contributed by atoms with Crippen LogP contribution in [0.3, 0.4) is 0 Å². The second kappa shape index (κ2) is 7.45. The molecule has 0 amide bonds. The molecular weight excluding hydrogens is 311 g/mol. The number of aryl methyl sites for hydroxylation is 1. The van der Waals surface area contributed by atoms with E-state index in [-0.39, 0.29) is 29.8 Å². The van der Waals surface area contributed by atoms with Crippen molar-refractivity contribution in [1.29, 1.82) is 0 Å². The molecule has 6 nitrogen and oxygen atoms in total. The zero-order valence-corrected chi connectivity index (χ0v) is 13.6. The van der Waals surface area contributed by atoms with Gasteiger partial charge in [0.15, 0.2) is 5.69 Å². The van der Waals surface area contributed by atoms with E-state index in [2.05, 4.69) is 0 Å². The minimum Gasteiger partial charge on any atom is -0.593 e. The summed E-state index contributed by atoms with van der Waals surface area (Å²) in [6, 6.07) is -0.250. The molecule has 1 aromatic rings. The second-order valence-electron chi connectivity index (χ2n) is 5.21. The summed E-state index contributed by atoms with van der Waals surface area (Å²) in [4.78, 5) is 11.7. The fraction of sp³-hybridized carbons (Fsp3) is 0.643. The SMILES string of the molecule is CCOC(=O)c1c(F)c([S+]([O-])N2CCCCC2CO)cn1C. The number of aliphatic hydroxyl groups excluding tert-OH is 1. The molecule has 0 aromatic carbocycles. The highest BCUT2D eigenvalue weighted by Crippen LogP contribution is 2.29. The molecule has 0 spiro atoms. The van der Waals surface area contributed by atoms with Crippen LogP contribution >= 0.6 is 0 Å². The summed E-state index contributed by atoms with van der Waals surface area (Å²) in [5, 5.41) is 9.40. The summed E-state index contributed by atoms with van der Waals surface area (Å²) in [6.45, 7) is 2.18. The van der Waals surface area contributed by atoms with Crippen LogP contribution in [0.5, 0.6) is 0 Å². The predicted octanol–water partition coefficient (Wildman–Crippen LogP) is 1.21. The number of carbonyl (C=O) groups excluding carboxylic acids is 1. The van der Waals surface area contributed by atoms with Crippen molar-refractivity contribution < 1.29 is 23.6 Å². The number of hydrogen-bond acceptors (Lipinski definition) is 5. The quantitative estimate of drug-likeness (QED) is 0.648. The van der Waals surface area contributed by atoms with Gasteiger partial charge < -0.3 is 19.0 Å². The topological polar surface area (TPSA) is 77.8 Å². The zero-order chi connectivity index (χ0) is 16.3. The maximum Gasteiger partial charge on any atom is 0.358 e. The minimum atomic E-state index is -1.75.